The number of carbonyl (C=O) groups is 7. The summed E-state index contributed by atoms with van der Waals surface area (Å²) < 4.78 is 58.5. The van der Waals surface area contributed by atoms with Crippen LogP contribution in [-0.2, 0) is 61.3 Å². The van der Waals surface area contributed by atoms with Crippen LogP contribution in [0.2, 0.25) is 0 Å². The number of morpholine rings is 1. The van der Waals surface area contributed by atoms with Gasteiger partial charge in [-0.2, -0.15) is 0 Å². The van der Waals surface area contributed by atoms with Crippen molar-refractivity contribution in [3.8, 4) is 0 Å². The number of alkyl carbamates (subject to hydrolysis) is 1. The number of amides is 6. The van der Waals surface area contributed by atoms with E-state index in [1.807, 2.05) is 0 Å². The third-order valence-electron chi connectivity index (χ3n) is 11.1. The largest absolute Gasteiger partial charge is 0.459 e. The molecule has 0 aromatic heterocycles. The third-order valence-corrected chi connectivity index (χ3v) is 12.9. The van der Waals surface area contributed by atoms with Crippen LogP contribution in [0, 0.1) is 11.7 Å². The molecule has 4 heterocycles. The molecule has 20 heteroatoms. The molecular weight excluding hydrogens is 784 g/mol. The maximum Gasteiger partial charge on any atom is 0.410 e. The molecule has 316 valence electrons. The molecule has 18 nitrogen and oxygen atoms in total. The van der Waals surface area contributed by atoms with E-state index in [0.717, 1.165) is 4.90 Å². The highest BCUT2D eigenvalue weighted by Crippen LogP contribution is 2.32. The predicted molar refractivity (Wildman–Crippen MR) is 200 cm³/mol. The lowest BCUT2D eigenvalue weighted by Crippen LogP contribution is -2.64. The fourth-order valence-electron chi connectivity index (χ4n) is 7.52. The Kier molecular flexibility index (Phi) is 11.5. The zero-order valence-corrected chi connectivity index (χ0v) is 33.8. The van der Waals surface area contributed by atoms with Crippen molar-refractivity contribution in [2.24, 2.45) is 5.92 Å². The van der Waals surface area contributed by atoms with Crippen LogP contribution in [0.5, 0.6) is 0 Å². The molecular formula is C38H49FN6O12S. The number of rotatable bonds is 12. The van der Waals surface area contributed by atoms with Crippen molar-refractivity contribution in [3.05, 3.63) is 47.8 Å². The molecule has 1 saturated carbocycles. The quantitative estimate of drug-likeness (QED) is 0.154. The molecule has 7 unspecified atom stereocenters. The summed E-state index contributed by atoms with van der Waals surface area (Å²) in [6.45, 7) is 10.9. The third kappa shape index (κ3) is 8.90. The van der Waals surface area contributed by atoms with Gasteiger partial charge >= 0.3 is 18.2 Å². The molecule has 7 atom stereocenters. The Labute approximate surface area is 335 Å². The number of halogens is 1. The predicted octanol–water partition coefficient (Wildman–Crippen LogP) is 1.36. The van der Waals surface area contributed by atoms with Gasteiger partial charge in [0, 0.05) is 30.9 Å². The molecule has 3 N–H and O–H groups in total. The van der Waals surface area contributed by atoms with Crippen molar-refractivity contribution >= 4 is 51.8 Å². The number of hydrogen-bond donors (Lipinski definition) is 3. The highest BCUT2D eigenvalue weighted by atomic mass is 32.2. The first-order valence-electron chi connectivity index (χ1n) is 19.1. The Bertz CT molecular complexity index is 2020. The van der Waals surface area contributed by atoms with E-state index in [0.29, 0.717) is 24.0 Å². The lowest BCUT2D eigenvalue weighted by molar-refractivity contribution is -0.157. The fraction of sp³-hybridized carbons (Fsp3) is 0.605. The number of sulfonamides is 1. The molecule has 0 spiro atoms. The van der Waals surface area contributed by atoms with Gasteiger partial charge in [0.25, 0.3) is 5.91 Å². The fourth-order valence-corrected chi connectivity index (χ4v) is 8.91. The van der Waals surface area contributed by atoms with Crippen LogP contribution in [0.15, 0.2) is 30.9 Å². The lowest BCUT2D eigenvalue weighted by Gasteiger charge is -2.36. The summed E-state index contributed by atoms with van der Waals surface area (Å²) >= 11 is 0. The molecule has 58 heavy (non-hydrogen) atoms. The number of fused-ring (bicyclic) bond motifs is 3. The Morgan fingerprint density at radius 2 is 1.76 bits per heavy atom. The Balaban J connectivity index is 1.27. The van der Waals surface area contributed by atoms with Crippen molar-refractivity contribution in [2.75, 3.05) is 13.1 Å². The number of nitrogens with one attached hydrogen (secondary N) is 3. The lowest BCUT2D eigenvalue weighted by atomic mass is 9.85. The zero-order valence-electron chi connectivity index (χ0n) is 32.9. The molecule has 5 aliphatic rings. The molecule has 4 aliphatic heterocycles. The molecule has 4 fully saturated rings. The number of benzene rings is 1. The Hall–Kier alpha value is -5.27. The molecule has 1 aromatic rings. The minimum absolute atomic E-state index is 0.0395. The first-order chi connectivity index (χ1) is 27.1. The van der Waals surface area contributed by atoms with E-state index in [1.54, 1.807) is 26.8 Å². The van der Waals surface area contributed by atoms with Gasteiger partial charge in [-0.15, -0.1) is 6.58 Å². The SMILES string of the molecule is C=CC(C)C(C)(NC(=O)C1CC(OC(=O)N2Cc3cccc(F)c3C2)CN1C(=O)C(CC(=O)N1CC2CC1C(=O)O2)NC(=O)OC(C)(C)C)C(=O)NS(=O)(=O)C1CC1. The van der Waals surface area contributed by atoms with Gasteiger partial charge < -0.3 is 34.6 Å². The summed E-state index contributed by atoms with van der Waals surface area (Å²) in [6.07, 6.45) is -2.23. The van der Waals surface area contributed by atoms with Crippen molar-refractivity contribution in [1.29, 1.82) is 0 Å². The van der Waals surface area contributed by atoms with Crippen LogP contribution in [0.3, 0.4) is 0 Å². The van der Waals surface area contributed by atoms with Gasteiger partial charge in [0.1, 0.15) is 47.3 Å². The van der Waals surface area contributed by atoms with Gasteiger partial charge in [0.05, 0.1) is 31.3 Å². The normalized spacial score (nSPS) is 24.5. The number of carbonyl (C=O) groups excluding carboxylic acids is 7. The highest BCUT2D eigenvalue weighted by Gasteiger charge is 2.52. The van der Waals surface area contributed by atoms with Gasteiger partial charge in [-0.1, -0.05) is 25.1 Å². The van der Waals surface area contributed by atoms with E-state index in [-0.39, 0.29) is 32.5 Å². The first kappa shape index (κ1) is 42.3. The van der Waals surface area contributed by atoms with Gasteiger partial charge in [-0.3, -0.25) is 28.8 Å². The molecule has 3 saturated heterocycles. The van der Waals surface area contributed by atoms with Crippen LogP contribution < -0.4 is 15.4 Å². The summed E-state index contributed by atoms with van der Waals surface area (Å²) in [4.78, 5) is 98.7. The summed E-state index contributed by atoms with van der Waals surface area (Å²) in [7, 11) is -4.06. The highest BCUT2D eigenvalue weighted by molar-refractivity contribution is 7.91. The van der Waals surface area contributed by atoms with Gasteiger partial charge in [-0.25, -0.2) is 27.2 Å². The molecule has 1 aliphatic carbocycles. The average molecular weight is 833 g/mol. The first-order valence-corrected chi connectivity index (χ1v) is 20.7. The Morgan fingerprint density at radius 1 is 1.05 bits per heavy atom. The van der Waals surface area contributed by atoms with Crippen molar-refractivity contribution in [3.63, 3.8) is 0 Å². The minimum Gasteiger partial charge on any atom is -0.459 e. The van der Waals surface area contributed by atoms with Crippen molar-refractivity contribution in [2.45, 2.75) is 127 Å². The maximum absolute atomic E-state index is 14.6. The monoisotopic (exact) mass is 832 g/mol. The van der Waals surface area contributed by atoms with Crippen LogP contribution in [0.1, 0.15) is 77.8 Å². The second kappa shape index (κ2) is 15.8. The summed E-state index contributed by atoms with van der Waals surface area (Å²) in [6, 6.07) is 0.425. The zero-order chi connectivity index (χ0) is 42.5. The van der Waals surface area contributed by atoms with E-state index in [4.69, 9.17) is 14.2 Å². The number of likely N-dealkylation sites (tertiary alicyclic amines) is 2. The number of ether oxygens (including phenoxy) is 3. The van der Waals surface area contributed by atoms with Gasteiger partial charge in [0.15, 0.2) is 0 Å². The van der Waals surface area contributed by atoms with Crippen LogP contribution >= 0.6 is 0 Å². The van der Waals surface area contributed by atoms with Crippen LogP contribution in [0.4, 0.5) is 14.0 Å². The number of esters is 1. The van der Waals surface area contributed by atoms with Gasteiger partial charge in [-0.05, 0) is 52.2 Å². The standard InChI is InChI=1S/C38H49FN6O12S/c1-7-20(2)38(6,34(50)42-58(53,54)24-11-12-24)41-31(47)28-13-23(56-36(52)43-16-21-9-8-10-26(39)25(21)19-43)18-45(28)32(48)27(40-35(51)57-37(3,4)5)15-30(46)44-17-22-14-29(44)33(49)55-22/h7-10,20,22-24,27-29H,1,11-19H2,2-6H3,(H,40,51)(H,41,47)(H,42,50). The summed E-state index contributed by atoms with van der Waals surface area (Å²) in [5.74, 6) is -5.56. The van der Waals surface area contributed by atoms with E-state index >= 15 is 0 Å². The molecule has 1 aromatic carbocycles. The van der Waals surface area contributed by atoms with E-state index in [2.05, 4.69) is 21.9 Å². The van der Waals surface area contributed by atoms with E-state index in [9.17, 15) is 46.4 Å². The maximum atomic E-state index is 14.6. The summed E-state index contributed by atoms with van der Waals surface area (Å²) in [5, 5.41) is 4.28. The van der Waals surface area contributed by atoms with E-state index in [1.165, 1.54) is 41.9 Å². The van der Waals surface area contributed by atoms with Crippen LogP contribution in [-0.4, -0.2) is 125 Å². The molecule has 0 radical (unpaired) electrons. The number of hydrogen-bond acceptors (Lipinski definition) is 12. The average Bonchev–Trinajstić information content (AvgIpc) is 3.42. The van der Waals surface area contributed by atoms with E-state index < -0.39 is 123 Å². The minimum atomic E-state index is -4.06. The van der Waals surface area contributed by atoms with Crippen molar-refractivity contribution in [1.82, 2.24) is 30.1 Å². The number of nitrogens with zero attached hydrogens (tertiary/aromatic N) is 3. The molecule has 6 amide bonds. The van der Waals surface area contributed by atoms with Gasteiger partial charge in [0.2, 0.25) is 27.7 Å². The Morgan fingerprint density at radius 3 is 2.36 bits per heavy atom. The van der Waals surface area contributed by atoms with Crippen molar-refractivity contribution < 1.29 is 60.6 Å². The summed E-state index contributed by atoms with van der Waals surface area (Å²) in [5.41, 5.74) is -2.05. The molecule has 6 rings (SSSR count). The smallest absolute Gasteiger partial charge is 0.410 e. The second-order valence-corrected chi connectivity index (χ2v) is 18.6. The topological polar surface area (TPSA) is 227 Å². The van der Waals surface area contributed by atoms with Crippen LogP contribution in [0.25, 0.3) is 0 Å². The molecule has 2 bridgehead atoms. The second-order valence-electron chi connectivity index (χ2n) is 16.6.